The van der Waals surface area contributed by atoms with Crippen LogP contribution in [0.1, 0.15) is 34.8 Å². The fourth-order valence-corrected chi connectivity index (χ4v) is 9.06. The minimum Gasteiger partial charge on any atom is -0.447 e. The van der Waals surface area contributed by atoms with Crippen LogP contribution in [-0.2, 0) is 33.3 Å². The number of hydrogen-bond acceptors (Lipinski definition) is 9. The van der Waals surface area contributed by atoms with Gasteiger partial charge in [-0.3, -0.25) is 9.36 Å². The largest absolute Gasteiger partial charge is 0.447 e. The number of anilines is 1. The van der Waals surface area contributed by atoms with Gasteiger partial charge in [-0.15, -0.1) is 11.3 Å². The smallest absolute Gasteiger partial charge is 0.410 e. The van der Waals surface area contributed by atoms with Crippen LogP contribution in [0, 0.1) is 6.92 Å². The molecule has 0 bridgehead atoms. The quantitative estimate of drug-likeness (QED) is 0.346. The number of amides is 1. The summed E-state index contributed by atoms with van der Waals surface area (Å²) in [6.07, 6.45) is 1.56. The average molecular weight is 626 g/mol. The van der Waals surface area contributed by atoms with Gasteiger partial charge in [-0.2, -0.15) is 0 Å². The first-order chi connectivity index (χ1) is 20.1. The summed E-state index contributed by atoms with van der Waals surface area (Å²) in [6, 6.07) is 11.2. The third-order valence-corrected chi connectivity index (χ3v) is 11.4. The van der Waals surface area contributed by atoms with E-state index in [1.807, 2.05) is 31.2 Å². The number of carbonyl (C=O) groups is 1. The lowest BCUT2D eigenvalue weighted by molar-refractivity contribution is 0.153. The number of benzene rings is 2. The molecule has 2 atom stereocenters. The molecule has 3 aliphatic rings. The highest BCUT2D eigenvalue weighted by molar-refractivity contribution is 7.90. The zero-order chi connectivity index (χ0) is 29.2. The van der Waals surface area contributed by atoms with Crippen LogP contribution in [0.4, 0.5) is 10.5 Å². The Morgan fingerprint density at radius 2 is 1.98 bits per heavy atom. The van der Waals surface area contributed by atoms with Crippen LogP contribution < -0.4 is 10.9 Å². The molecular weight excluding hydrogens is 598 g/mol. The Balaban J connectivity index is 1.31. The van der Waals surface area contributed by atoms with Gasteiger partial charge in [0.15, 0.2) is 9.84 Å². The molecule has 2 aromatic carbocycles. The molecule has 10 nitrogen and oxygen atoms in total. The lowest BCUT2D eigenvalue weighted by atomic mass is 9.97. The Morgan fingerprint density at radius 1 is 1.17 bits per heavy atom. The summed E-state index contributed by atoms with van der Waals surface area (Å²) in [5, 5.41) is 5.44. The van der Waals surface area contributed by atoms with Gasteiger partial charge >= 0.3 is 6.09 Å². The van der Waals surface area contributed by atoms with Crippen molar-refractivity contribution in [1.82, 2.24) is 19.4 Å². The number of piperidine rings is 1. The SMILES string of the molecule is Cc1nc2cc(-c3nc4c(s3)CS(=O)(=O)CC4)c(N[C@H]3CCN4C(=O)OC[C@@H]4C3)cc2c(=O)n1Cc1ccc(Cl)cc1. The van der Waals surface area contributed by atoms with E-state index in [2.05, 4.69) is 5.32 Å². The molecule has 42 heavy (non-hydrogen) atoms. The zero-order valence-electron chi connectivity index (χ0n) is 22.8. The highest BCUT2D eigenvalue weighted by Crippen LogP contribution is 2.39. The molecule has 0 radical (unpaired) electrons. The van der Waals surface area contributed by atoms with Crippen molar-refractivity contribution in [1.29, 1.82) is 0 Å². The Labute approximate surface area is 251 Å². The predicted octanol–water partition coefficient (Wildman–Crippen LogP) is 4.40. The number of thiazole rings is 1. The molecule has 218 valence electrons. The topological polar surface area (TPSA) is 123 Å². The third-order valence-electron chi connectivity index (χ3n) is 8.26. The van der Waals surface area contributed by atoms with Gasteiger partial charge in [0, 0.05) is 40.2 Å². The fraction of sp³-hybridized carbons (Fsp3) is 0.379. The molecule has 3 aliphatic heterocycles. The van der Waals surface area contributed by atoms with Crippen molar-refractivity contribution < 1.29 is 17.9 Å². The number of nitrogens with one attached hydrogen (secondary N) is 1. The fourth-order valence-electron chi connectivity index (χ4n) is 6.02. The summed E-state index contributed by atoms with van der Waals surface area (Å²) < 4.78 is 31.5. The molecule has 1 N–H and O–H groups in total. The number of sulfone groups is 1. The van der Waals surface area contributed by atoms with Crippen molar-refractivity contribution in [3.8, 4) is 10.6 Å². The van der Waals surface area contributed by atoms with E-state index in [9.17, 15) is 18.0 Å². The average Bonchev–Trinajstić information content (AvgIpc) is 3.54. The maximum atomic E-state index is 13.9. The number of carbonyl (C=O) groups excluding carboxylic acids is 1. The van der Waals surface area contributed by atoms with E-state index in [1.165, 1.54) is 11.3 Å². The van der Waals surface area contributed by atoms with E-state index in [1.54, 1.807) is 21.6 Å². The summed E-state index contributed by atoms with van der Waals surface area (Å²) in [4.78, 5) is 38.1. The minimum atomic E-state index is -3.14. The number of fused-ring (bicyclic) bond motifs is 3. The summed E-state index contributed by atoms with van der Waals surface area (Å²) in [5.41, 5.74) is 3.66. The predicted molar refractivity (Wildman–Crippen MR) is 162 cm³/mol. The number of halogens is 1. The van der Waals surface area contributed by atoms with Crippen LogP contribution in [-0.4, -0.2) is 64.9 Å². The molecule has 2 saturated heterocycles. The standard InChI is InChI=1S/C29H28ClN5O5S2/c1-16-31-25-11-21(27-33-23-7-9-42(38,39)15-26(23)41-27)24(32-19-6-8-34-20(10-19)14-40-29(34)37)12-22(25)28(36)35(16)13-17-2-4-18(30)5-3-17/h2-5,11-12,19-20,32H,6-10,13-15H2,1H3/t19-,20-/m0/s1. The van der Waals surface area contributed by atoms with E-state index in [-0.39, 0.29) is 35.2 Å². The Morgan fingerprint density at radius 3 is 2.79 bits per heavy atom. The van der Waals surface area contributed by atoms with E-state index in [0.29, 0.717) is 59.3 Å². The first kappa shape index (κ1) is 27.4. The molecule has 0 unspecified atom stereocenters. The molecule has 1 amide bonds. The zero-order valence-corrected chi connectivity index (χ0v) is 25.2. The molecule has 0 saturated carbocycles. The summed E-state index contributed by atoms with van der Waals surface area (Å²) in [6.45, 7) is 3.13. The number of hydrogen-bond donors (Lipinski definition) is 1. The minimum absolute atomic E-state index is 0.00270. The van der Waals surface area contributed by atoms with Crippen molar-refractivity contribution in [2.24, 2.45) is 0 Å². The van der Waals surface area contributed by atoms with Gasteiger partial charge in [-0.25, -0.2) is 23.2 Å². The molecule has 5 heterocycles. The molecule has 0 aliphatic carbocycles. The highest BCUT2D eigenvalue weighted by atomic mass is 35.5. The maximum Gasteiger partial charge on any atom is 0.410 e. The van der Waals surface area contributed by atoms with Gasteiger partial charge in [-0.05, 0) is 49.6 Å². The number of aromatic nitrogens is 3. The van der Waals surface area contributed by atoms with Crippen molar-refractivity contribution >= 4 is 55.5 Å². The Bertz CT molecular complexity index is 1900. The first-order valence-corrected chi connectivity index (χ1v) is 16.8. The highest BCUT2D eigenvalue weighted by Gasteiger charge is 2.38. The second-order valence-electron chi connectivity index (χ2n) is 11.1. The third kappa shape index (κ3) is 5.05. The lowest BCUT2D eigenvalue weighted by Gasteiger charge is -2.33. The molecule has 2 fully saturated rings. The van der Waals surface area contributed by atoms with Crippen molar-refractivity contribution in [2.45, 2.75) is 50.6 Å². The van der Waals surface area contributed by atoms with Gasteiger partial charge in [0.25, 0.3) is 5.56 Å². The van der Waals surface area contributed by atoms with Gasteiger partial charge in [-0.1, -0.05) is 23.7 Å². The number of ether oxygens (including phenoxy) is 1. The molecule has 13 heteroatoms. The molecule has 7 rings (SSSR count). The van der Waals surface area contributed by atoms with E-state index >= 15 is 0 Å². The number of aryl methyl sites for hydroxylation is 2. The maximum absolute atomic E-state index is 13.9. The molecule has 0 spiro atoms. The van der Waals surface area contributed by atoms with E-state index in [0.717, 1.165) is 33.8 Å². The van der Waals surface area contributed by atoms with Crippen molar-refractivity contribution in [3.63, 3.8) is 0 Å². The Hall–Kier alpha value is -3.48. The van der Waals surface area contributed by atoms with E-state index < -0.39 is 9.84 Å². The molecular formula is C29H28ClN5O5S2. The van der Waals surface area contributed by atoms with Gasteiger partial charge in [0.1, 0.15) is 17.4 Å². The van der Waals surface area contributed by atoms with Crippen molar-refractivity contribution in [2.75, 3.05) is 24.2 Å². The van der Waals surface area contributed by atoms with Crippen LogP contribution in [0.2, 0.25) is 5.02 Å². The number of cyclic esters (lactones) is 1. The van der Waals surface area contributed by atoms with Crippen LogP contribution >= 0.6 is 22.9 Å². The van der Waals surface area contributed by atoms with Gasteiger partial charge < -0.3 is 15.0 Å². The number of rotatable bonds is 5. The van der Waals surface area contributed by atoms with Crippen LogP contribution in [0.3, 0.4) is 0 Å². The second-order valence-corrected chi connectivity index (χ2v) is 14.8. The van der Waals surface area contributed by atoms with Gasteiger partial charge in [0.05, 0.1) is 40.7 Å². The Kier molecular flexibility index (Phi) is 6.74. The first-order valence-electron chi connectivity index (χ1n) is 13.8. The summed E-state index contributed by atoms with van der Waals surface area (Å²) in [7, 11) is -3.14. The van der Waals surface area contributed by atoms with Crippen molar-refractivity contribution in [3.05, 3.63) is 73.7 Å². The van der Waals surface area contributed by atoms with Crippen LogP contribution in [0.5, 0.6) is 0 Å². The summed E-state index contributed by atoms with van der Waals surface area (Å²) in [5.74, 6) is 0.676. The van der Waals surface area contributed by atoms with Crippen LogP contribution in [0.15, 0.2) is 41.2 Å². The van der Waals surface area contributed by atoms with E-state index in [4.69, 9.17) is 26.3 Å². The molecule has 2 aromatic heterocycles. The lowest BCUT2D eigenvalue weighted by Crippen LogP contribution is -2.45. The van der Waals surface area contributed by atoms with Gasteiger partial charge in [0.2, 0.25) is 0 Å². The normalized spacial score (nSPS) is 21.2. The summed E-state index contributed by atoms with van der Waals surface area (Å²) >= 11 is 7.43. The molecule has 4 aromatic rings. The second kappa shape index (κ2) is 10.4. The van der Waals surface area contributed by atoms with Crippen LogP contribution in [0.25, 0.3) is 21.5 Å². The number of nitrogens with zero attached hydrogens (tertiary/aromatic N) is 4. The monoisotopic (exact) mass is 625 g/mol.